The molecule has 1 amide bonds. The molecular formula is C28H37N9O2S. The summed E-state index contributed by atoms with van der Waals surface area (Å²) in [5.41, 5.74) is 2.03. The van der Waals surface area contributed by atoms with Crippen LogP contribution in [0.3, 0.4) is 0 Å². The van der Waals surface area contributed by atoms with Crippen LogP contribution < -0.4 is 25.2 Å². The number of nitrogens with zero attached hydrogens (tertiary/aromatic N) is 7. The third-order valence-corrected chi connectivity index (χ3v) is 7.48. The zero-order valence-corrected chi connectivity index (χ0v) is 25.0. The zero-order valence-electron chi connectivity index (χ0n) is 24.1. The Morgan fingerprint density at radius 2 is 1.93 bits per heavy atom. The lowest BCUT2D eigenvalue weighted by molar-refractivity contribution is -0.111. The second-order valence-corrected chi connectivity index (χ2v) is 10.9. The number of amides is 1. The molecule has 0 aliphatic carbocycles. The van der Waals surface area contributed by atoms with Gasteiger partial charge in [-0.2, -0.15) is 4.98 Å². The first-order chi connectivity index (χ1) is 19.1. The summed E-state index contributed by atoms with van der Waals surface area (Å²) in [6.07, 6.45) is 2.94. The maximum atomic E-state index is 12.3. The number of hydrogen-bond acceptors (Lipinski definition) is 10. The Bertz CT molecular complexity index is 1510. The zero-order chi connectivity index (χ0) is 29.0. The number of fused-ring (bicyclic) bond motifs is 1. The first kappa shape index (κ1) is 28.8. The predicted molar refractivity (Wildman–Crippen MR) is 165 cm³/mol. The lowest BCUT2D eigenvalue weighted by Crippen LogP contribution is -2.29. The van der Waals surface area contributed by atoms with Gasteiger partial charge in [-0.05, 0) is 46.2 Å². The number of aryl methyl sites for hydroxylation is 1. The Morgan fingerprint density at radius 3 is 2.60 bits per heavy atom. The van der Waals surface area contributed by atoms with Gasteiger partial charge in [0.05, 0.1) is 29.6 Å². The van der Waals surface area contributed by atoms with Crippen LogP contribution in [0, 0.1) is 6.92 Å². The van der Waals surface area contributed by atoms with E-state index in [0.29, 0.717) is 28.9 Å². The van der Waals surface area contributed by atoms with E-state index >= 15 is 0 Å². The molecule has 0 saturated carbocycles. The Balaban J connectivity index is 1.72. The van der Waals surface area contributed by atoms with Crippen LogP contribution in [0.25, 0.3) is 16.0 Å². The molecule has 0 bridgehead atoms. The maximum absolute atomic E-state index is 12.3. The highest BCUT2D eigenvalue weighted by Gasteiger charge is 2.19. The molecule has 0 unspecified atom stereocenters. The number of likely N-dealkylation sites (N-methyl/N-ethyl adjacent to an activating group) is 2. The van der Waals surface area contributed by atoms with Crippen molar-refractivity contribution >= 4 is 56.3 Å². The third kappa shape index (κ3) is 6.18. The van der Waals surface area contributed by atoms with E-state index in [9.17, 15) is 4.79 Å². The van der Waals surface area contributed by atoms with Crippen LogP contribution in [-0.2, 0) is 4.79 Å². The average molecular weight is 564 g/mol. The quantitative estimate of drug-likeness (QED) is 0.241. The molecule has 0 aliphatic rings. The standard InChI is InChI=1S/C28H37N9O2S/c1-9-25(38)30-20-16-21(23(39-8)17-22(20)36(7)14-13-34(4)5)31-28-29-12-11-24(32-28)37-27-19(15-18(3)40-27)26(33-37)35(6)10-2/h9,11-12,15-17H,1,10,13-14H2,2-8H3,(H,30,38)(H,29,31,32). The van der Waals surface area contributed by atoms with Gasteiger partial charge in [0.2, 0.25) is 11.9 Å². The Labute approximate surface area is 239 Å². The summed E-state index contributed by atoms with van der Waals surface area (Å²) in [7, 11) is 9.65. The molecule has 0 aliphatic heterocycles. The van der Waals surface area contributed by atoms with E-state index < -0.39 is 0 Å². The predicted octanol–water partition coefficient (Wildman–Crippen LogP) is 4.52. The van der Waals surface area contributed by atoms with Gasteiger partial charge in [-0.15, -0.1) is 16.4 Å². The number of carbonyl (C=O) groups is 1. The molecule has 0 atom stereocenters. The fourth-order valence-electron chi connectivity index (χ4n) is 4.15. The van der Waals surface area contributed by atoms with Crippen molar-refractivity contribution < 1.29 is 9.53 Å². The van der Waals surface area contributed by atoms with Crippen molar-refractivity contribution in [3.63, 3.8) is 0 Å². The molecular weight excluding hydrogens is 526 g/mol. The van der Waals surface area contributed by atoms with Crippen molar-refractivity contribution in [3.8, 4) is 11.6 Å². The smallest absolute Gasteiger partial charge is 0.247 e. The van der Waals surface area contributed by atoms with E-state index in [2.05, 4.69) is 56.8 Å². The number of thiophene rings is 1. The second kappa shape index (κ2) is 12.3. The monoisotopic (exact) mass is 563 g/mol. The number of aromatic nitrogens is 4. The molecule has 0 fully saturated rings. The minimum atomic E-state index is -0.307. The van der Waals surface area contributed by atoms with Crippen LogP contribution in [0.15, 0.2) is 43.1 Å². The number of nitrogens with one attached hydrogen (secondary N) is 2. The maximum Gasteiger partial charge on any atom is 0.247 e. The Kier molecular flexibility index (Phi) is 8.90. The SMILES string of the molecule is C=CC(=O)Nc1cc(Nc2nccc(-n3nc(N(C)CC)c4cc(C)sc43)n2)c(OC)cc1N(C)CCN(C)C. The van der Waals surface area contributed by atoms with Gasteiger partial charge in [-0.1, -0.05) is 6.58 Å². The molecule has 12 heteroatoms. The number of hydrogen-bond donors (Lipinski definition) is 2. The van der Waals surface area contributed by atoms with Crippen LogP contribution in [0.1, 0.15) is 11.8 Å². The molecule has 4 aromatic rings. The molecule has 11 nitrogen and oxygen atoms in total. The molecule has 1 aromatic carbocycles. The minimum absolute atomic E-state index is 0.307. The number of rotatable bonds is 12. The summed E-state index contributed by atoms with van der Waals surface area (Å²) in [6.45, 7) is 10.2. The highest BCUT2D eigenvalue weighted by atomic mass is 32.1. The van der Waals surface area contributed by atoms with Gasteiger partial charge >= 0.3 is 0 Å². The highest BCUT2D eigenvalue weighted by Crippen LogP contribution is 2.38. The van der Waals surface area contributed by atoms with Crippen LogP contribution in [0.4, 0.5) is 28.8 Å². The fourth-order valence-corrected chi connectivity index (χ4v) is 5.12. The molecule has 40 heavy (non-hydrogen) atoms. The molecule has 3 heterocycles. The van der Waals surface area contributed by atoms with Gasteiger partial charge in [0.15, 0.2) is 11.6 Å². The van der Waals surface area contributed by atoms with Crippen molar-refractivity contribution in [2.45, 2.75) is 13.8 Å². The lowest BCUT2D eigenvalue weighted by atomic mass is 10.2. The largest absolute Gasteiger partial charge is 0.494 e. The Morgan fingerprint density at radius 1 is 1.15 bits per heavy atom. The van der Waals surface area contributed by atoms with Crippen molar-refractivity contribution in [2.75, 3.05) is 75.4 Å². The van der Waals surface area contributed by atoms with E-state index in [0.717, 1.165) is 41.4 Å². The van der Waals surface area contributed by atoms with Gasteiger partial charge in [0, 0.05) is 56.9 Å². The van der Waals surface area contributed by atoms with Crippen LogP contribution in [0.5, 0.6) is 5.75 Å². The van der Waals surface area contributed by atoms with Crippen molar-refractivity contribution in [3.05, 3.63) is 48.0 Å². The lowest BCUT2D eigenvalue weighted by Gasteiger charge is -2.26. The molecule has 4 rings (SSSR count). The van der Waals surface area contributed by atoms with Crippen LogP contribution in [-0.4, -0.2) is 85.5 Å². The highest BCUT2D eigenvalue weighted by molar-refractivity contribution is 7.18. The minimum Gasteiger partial charge on any atom is -0.494 e. The van der Waals surface area contributed by atoms with E-state index in [1.807, 2.05) is 51.1 Å². The van der Waals surface area contributed by atoms with E-state index in [1.165, 1.54) is 11.0 Å². The number of carbonyl (C=O) groups excluding carboxylic acids is 1. The van der Waals surface area contributed by atoms with Crippen molar-refractivity contribution in [1.82, 2.24) is 24.6 Å². The summed E-state index contributed by atoms with van der Waals surface area (Å²) >= 11 is 1.67. The number of benzene rings is 1. The van der Waals surface area contributed by atoms with Crippen LogP contribution >= 0.6 is 11.3 Å². The van der Waals surface area contributed by atoms with Gasteiger partial charge in [-0.3, -0.25) is 4.79 Å². The van der Waals surface area contributed by atoms with Gasteiger partial charge in [-0.25, -0.2) is 9.67 Å². The molecule has 0 spiro atoms. The molecule has 212 valence electrons. The van der Waals surface area contributed by atoms with E-state index in [4.69, 9.17) is 14.8 Å². The summed E-state index contributed by atoms with van der Waals surface area (Å²) < 4.78 is 7.59. The first-order valence-electron chi connectivity index (χ1n) is 13.0. The summed E-state index contributed by atoms with van der Waals surface area (Å²) in [4.78, 5) is 30.0. The van der Waals surface area contributed by atoms with Crippen molar-refractivity contribution in [2.24, 2.45) is 0 Å². The van der Waals surface area contributed by atoms with Crippen LogP contribution in [0.2, 0.25) is 0 Å². The van der Waals surface area contributed by atoms with E-state index in [1.54, 1.807) is 24.6 Å². The molecule has 2 N–H and O–H groups in total. The Hall–Kier alpha value is -4.16. The number of ether oxygens (including phenoxy) is 1. The first-order valence-corrected chi connectivity index (χ1v) is 13.8. The number of anilines is 5. The van der Waals surface area contributed by atoms with Crippen molar-refractivity contribution in [1.29, 1.82) is 0 Å². The molecule has 3 aromatic heterocycles. The number of methoxy groups -OCH3 is 1. The average Bonchev–Trinajstić information content (AvgIpc) is 3.48. The summed E-state index contributed by atoms with van der Waals surface area (Å²) in [5, 5.41) is 12.2. The van der Waals surface area contributed by atoms with Gasteiger partial charge in [0.25, 0.3) is 0 Å². The molecule has 0 saturated heterocycles. The topological polar surface area (TPSA) is 104 Å². The second-order valence-electron chi connectivity index (χ2n) is 9.68. The summed E-state index contributed by atoms with van der Waals surface area (Å²) in [6, 6.07) is 7.70. The van der Waals surface area contributed by atoms with Gasteiger partial charge in [0.1, 0.15) is 10.6 Å². The fraction of sp³-hybridized carbons (Fsp3) is 0.357. The summed E-state index contributed by atoms with van der Waals surface area (Å²) in [5.74, 6) is 2.19. The molecule has 0 radical (unpaired) electrons. The third-order valence-electron chi connectivity index (χ3n) is 6.46. The van der Waals surface area contributed by atoms with Gasteiger partial charge < -0.3 is 30.1 Å². The van der Waals surface area contributed by atoms with E-state index in [-0.39, 0.29) is 5.91 Å². The normalized spacial score (nSPS) is 11.1.